The third-order valence-corrected chi connectivity index (χ3v) is 4.92. The van der Waals surface area contributed by atoms with Crippen molar-refractivity contribution >= 4 is 23.8 Å². The summed E-state index contributed by atoms with van der Waals surface area (Å²) < 4.78 is 11.3. The van der Waals surface area contributed by atoms with Crippen LogP contribution < -0.4 is 25.4 Å². The van der Waals surface area contributed by atoms with Crippen molar-refractivity contribution in [3.8, 4) is 11.5 Å². The number of urea groups is 1. The Morgan fingerprint density at radius 3 is 2.60 bits per heavy atom. The van der Waals surface area contributed by atoms with Crippen LogP contribution in [0.1, 0.15) is 32.3 Å². The second-order valence-electron chi connectivity index (χ2n) is 7.29. The molecule has 162 valence electrons. The van der Waals surface area contributed by atoms with E-state index in [1.54, 1.807) is 25.1 Å². The topological polar surface area (TPSA) is 126 Å². The van der Waals surface area contributed by atoms with Crippen LogP contribution in [-0.2, 0) is 19.9 Å². The molecule has 2 heterocycles. The number of fused-ring (bicyclic) bond motifs is 1. The minimum atomic E-state index is -1.35. The first-order valence-electron chi connectivity index (χ1n) is 9.92. The molecule has 0 spiro atoms. The van der Waals surface area contributed by atoms with Crippen LogP contribution in [0.3, 0.4) is 0 Å². The monoisotopic (exact) mass is 418 g/mol. The Labute approximate surface area is 174 Å². The van der Waals surface area contributed by atoms with E-state index >= 15 is 0 Å². The zero-order chi connectivity index (χ0) is 21.7. The Morgan fingerprint density at radius 2 is 1.87 bits per heavy atom. The van der Waals surface area contributed by atoms with E-state index < -0.39 is 29.9 Å². The Balaban J connectivity index is 1.67. The van der Waals surface area contributed by atoms with Gasteiger partial charge in [-0.2, -0.15) is 0 Å². The van der Waals surface area contributed by atoms with Crippen LogP contribution in [0.4, 0.5) is 4.79 Å². The van der Waals surface area contributed by atoms with Gasteiger partial charge in [-0.3, -0.25) is 19.3 Å². The fraction of sp³-hybridized carbons (Fsp3) is 0.500. The van der Waals surface area contributed by atoms with Crippen molar-refractivity contribution in [1.29, 1.82) is 0 Å². The lowest BCUT2D eigenvalue weighted by molar-refractivity contribution is -0.135. The fourth-order valence-electron chi connectivity index (χ4n) is 3.22. The lowest BCUT2D eigenvalue weighted by Crippen LogP contribution is -2.45. The number of hydrogen-bond donors (Lipinski definition) is 3. The molecule has 0 aromatic heterocycles. The smallest absolute Gasteiger partial charge is 0.325 e. The molecule has 30 heavy (non-hydrogen) atoms. The highest BCUT2D eigenvalue weighted by molar-refractivity contribution is 6.09. The first-order chi connectivity index (χ1) is 14.3. The number of nitrogens with one attached hydrogen (secondary N) is 3. The van der Waals surface area contributed by atoms with Crippen molar-refractivity contribution < 1.29 is 28.7 Å². The first kappa shape index (κ1) is 21.4. The second-order valence-corrected chi connectivity index (χ2v) is 7.29. The van der Waals surface area contributed by atoms with Gasteiger partial charge in [-0.05, 0) is 31.0 Å². The fourth-order valence-corrected chi connectivity index (χ4v) is 3.22. The molecule has 1 aromatic rings. The Kier molecular flexibility index (Phi) is 6.43. The maximum absolute atomic E-state index is 13.0. The lowest BCUT2D eigenvalue weighted by atomic mass is 9.91. The molecule has 5 amide bonds. The molecule has 1 saturated heterocycles. The zero-order valence-electron chi connectivity index (χ0n) is 17.1. The van der Waals surface area contributed by atoms with Crippen LogP contribution >= 0.6 is 0 Å². The molecule has 1 atom stereocenters. The molecule has 0 bridgehead atoms. The Bertz CT molecular complexity index is 858. The maximum Gasteiger partial charge on any atom is 0.325 e. The largest absolute Gasteiger partial charge is 0.490 e. The molecule has 10 nitrogen and oxygen atoms in total. The predicted octanol–water partition coefficient (Wildman–Crippen LogP) is 0.257. The van der Waals surface area contributed by atoms with E-state index in [2.05, 4.69) is 16.0 Å². The molecule has 1 fully saturated rings. The van der Waals surface area contributed by atoms with Crippen LogP contribution in [-0.4, -0.2) is 61.5 Å². The Morgan fingerprint density at radius 1 is 1.13 bits per heavy atom. The second kappa shape index (κ2) is 9.02. The van der Waals surface area contributed by atoms with E-state index in [0.29, 0.717) is 36.8 Å². The highest BCUT2D eigenvalue weighted by Crippen LogP contribution is 2.36. The summed E-state index contributed by atoms with van der Waals surface area (Å²) in [6.07, 6.45) is 1.52. The molecule has 2 aliphatic rings. The van der Waals surface area contributed by atoms with Gasteiger partial charge in [-0.15, -0.1) is 0 Å². The third kappa shape index (κ3) is 4.47. The number of nitrogens with zero attached hydrogens (tertiary/aromatic N) is 1. The number of ether oxygens (including phenoxy) is 2. The molecular formula is C20H26N4O6. The van der Waals surface area contributed by atoms with E-state index in [0.717, 1.165) is 17.7 Å². The summed E-state index contributed by atoms with van der Waals surface area (Å²) in [4.78, 5) is 50.0. The van der Waals surface area contributed by atoms with Gasteiger partial charge < -0.3 is 25.4 Å². The van der Waals surface area contributed by atoms with Gasteiger partial charge in [0.05, 0.1) is 19.8 Å². The highest BCUT2D eigenvalue weighted by Gasteiger charge is 2.49. The first-order valence-corrected chi connectivity index (χ1v) is 9.92. The lowest BCUT2D eigenvalue weighted by Gasteiger charge is -2.23. The molecule has 3 rings (SSSR count). The third-order valence-electron chi connectivity index (χ3n) is 4.92. The Hall–Kier alpha value is -3.30. The van der Waals surface area contributed by atoms with Gasteiger partial charge in [0.2, 0.25) is 11.8 Å². The SMILES string of the molecule is CCCNC(=O)CNC(=O)CN1C(=O)N[C@@](C)(c2ccc3c(c2)OCCCO3)C1=O. The van der Waals surface area contributed by atoms with E-state index in [9.17, 15) is 19.2 Å². The van der Waals surface area contributed by atoms with Gasteiger partial charge in [0.25, 0.3) is 5.91 Å². The number of imide groups is 1. The van der Waals surface area contributed by atoms with Gasteiger partial charge >= 0.3 is 6.03 Å². The summed E-state index contributed by atoms with van der Waals surface area (Å²) in [5, 5.41) is 7.69. The predicted molar refractivity (Wildman–Crippen MR) is 106 cm³/mol. The molecule has 0 unspecified atom stereocenters. The van der Waals surface area contributed by atoms with Crippen LogP contribution in [0.5, 0.6) is 11.5 Å². The molecular weight excluding hydrogens is 392 g/mol. The number of rotatable bonds is 7. The van der Waals surface area contributed by atoms with Gasteiger partial charge in [-0.1, -0.05) is 13.0 Å². The quantitative estimate of drug-likeness (QED) is 0.545. The van der Waals surface area contributed by atoms with Crippen molar-refractivity contribution in [2.24, 2.45) is 0 Å². The van der Waals surface area contributed by atoms with Gasteiger partial charge in [0.1, 0.15) is 12.1 Å². The highest BCUT2D eigenvalue weighted by atomic mass is 16.5. The van der Waals surface area contributed by atoms with Crippen LogP contribution in [0.2, 0.25) is 0 Å². The summed E-state index contributed by atoms with van der Waals surface area (Å²) in [5.74, 6) is -0.420. The molecule has 3 N–H and O–H groups in total. The summed E-state index contributed by atoms with van der Waals surface area (Å²) >= 11 is 0. The van der Waals surface area contributed by atoms with Gasteiger partial charge in [0, 0.05) is 13.0 Å². The van der Waals surface area contributed by atoms with Crippen molar-refractivity contribution in [3.63, 3.8) is 0 Å². The van der Waals surface area contributed by atoms with E-state index in [-0.39, 0.29) is 12.5 Å². The summed E-state index contributed by atoms with van der Waals surface area (Å²) in [7, 11) is 0. The molecule has 0 aliphatic carbocycles. The van der Waals surface area contributed by atoms with Crippen LogP contribution in [0.15, 0.2) is 18.2 Å². The summed E-state index contributed by atoms with van der Waals surface area (Å²) in [6, 6.07) is 4.37. The molecule has 10 heteroatoms. The van der Waals surface area contributed by atoms with Gasteiger partial charge in [-0.25, -0.2) is 4.79 Å². The number of hydrogen-bond acceptors (Lipinski definition) is 6. The van der Waals surface area contributed by atoms with Crippen molar-refractivity contribution in [2.75, 3.05) is 32.8 Å². The number of carbonyl (C=O) groups is 4. The van der Waals surface area contributed by atoms with E-state index in [1.807, 2.05) is 6.92 Å². The number of amides is 5. The maximum atomic E-state index is 13.0. The van der Waals surface area contributed by atoms with Gasteiger partial charge in [0.15, 0.2) is 11.5 Å². The minimum Gasteiger partial charge on any atom is -0.490 e. The summed E-state index contributed by atoms with van der Waals surface area (Å²) in [6.45, 7) is 4.33. The van der Waals surface area contributed by atoms with E-state index in [4.69, 9.17) is 9.47 Å². The molecule has 2 aliphatic heterocycles. The minimum absolute atomic E-state index is 0.220. The molecule has 0 saturated carbocycles. The zero-order valence-corrected chi connectivity index (χ0v) is 17.1. The molecule has 1 aromatic carbocycles. The van der Waals surface area contributed by atoms with Crippen molar-refractivity contribution in [1.82, 2.24) is 20.9 Å². The van der Waals surface area contributed by atoms with Crippen LogP contribution in [0, 0.1) is 0 Å². The van der Waals surface area contributed by atoms with E-state index in [1.165, 1.54) is 0 Å². The number of benzene rings is 1. The number of carbonyl (C=O) groups excluding carboxylic acids is 4. The van der Waals surface area contributed by atoms with Crippen molar-refractivity contribution in [2.45, 2.75) is 32.2 Å². The molecule has 0 radical (unpaired) electrons. The van der Waals surface area contributed by atoms with Crippen LogP contribution in [0.25, 0.3) is 0 Å². The standard InChI is InChI=1S/C20H26N4O6/c1-3-7-21-16(25)11-22-17(26)12-24-18(27)20(2,23-19(24)28)13-5-6-14-15(10-13)30-9-4-8-29-14/h5-6,10H,3-4,7-9,11-12H2,1-2H3,(H,21,25)(H,22,26)(H,23,28)/t20-/m0/s1. The average molecular weight is 418 g/mol. The normalized spacial score (nSPS) is 20.4. The average Bonchev–Trinajstić information content (AvgIpc) is 2.89. The summed E-state index contributed by atoms with van der Waals surface area (Å²) in [5.41, 5.74) is -0.826. The van der Waals surface area contributed by atoms with Crippen molar-refractivity contribution in [3.05, 3.63) is 23.8 Å².